The molecule has 0 saturated carbocycles. The summed E-state index contributed by atoms with van der Waals surface area (Å²) in [5.74, 6) is -9.68. The lowest BCUT2D eigenvalue weighted by Gasteiger charge is -2.32. The molecule has 9 amide bonds. The number of carboxylic acids is 1. The summed E-state index contributed by atoms with van der Waals surface area (Å²) in [6.45, 7) is 2.81. The van der Waals surface area contributed by atoms with Crippen LogP contribution in [0.25, 0.3) is 10.9 Å². The number of benzene rings is 2. The largest absolute Gasteiger partial charge is 0.480 e. The molecular formula is C50H67N13O13. The number of amides is 9. The molecule has 410 valence electrons. The van der Waals surface area contributed by atoms with E-state index in [0.717, 1.165) is 16.5 Å². The second kappa shape index (κ2) is 27.9. The van der Waals surface area contributed by atoms with E-state index in [1.54, 1.807) is 68.6 Å². The van der Waals surface area contributed by atoms with Gasteiger partial charge in [0.05, 0.1) is 37.3 Å². The Hall–Kier alpha value is -8.23. The number of carboxylic acid groups (broad SMARTS) is 1. The Morgan fingerprint density at radius 3 is 2.03 bits per heavy atom. The van der Waals surface area contributed by atoms with Gasteiger partial charge in [0, 0.05) is 49.1 Å². The van der Waals surface area contributed by atoms with Crippen LogP contribution in [0.2, 0.25) is 0 Å². The summed E-state index contributed by atoms with van der Waals surface area (Å²) in [7, 11) is 0. The van der Waals surface area contributed by atoms with E-state index >= 15 is 0 Å². The molecule has 3 heterocycles. The van der Waals surface area contributed by atoms with Gasteiger partial charge in [0.15, 0.2) is 6.04 Å². The Morgan fingerprint density at radius 1 is 0.750 bits per heavy atom. The Kier molecular flexibility index (Phi) is 21.5. The summed E-state index contributed by atoms with van der Waals surface area (Å²) >= 11 is 0. The normalized spacial score (nSPS) is 16.4. The SMILES string of the molecule is CC(C)[C@H](NC(=O)[C@H](Cc1c[nH]cn1)NC(=O)[C@H](CO)NC(=O)CNC(=O)[C@H](CCC(N)=O)NC(=O)[C@@H](N)Cc1ccccc1)C(=O)N1CCC[C@H]1C(=O)N[C@@H](Cc1c[nH]c2ccccc12)C(=O)N[C@H](C(=O)O)[C@@H](C)O. The van der Waals surface area contributed by atoms with Crippen molar-refractivity contribution < 1.29 is 63.3 Å². The molecule has 9 atom stereocenters. The molecule has 4 aromatic rings. The Bertz CT molecular complexity index is 2680. The van der Waals surface area contributed by atoms with Crippen LogP contribution in [-0.2, 0) is 67.2 Å². The minimum absolute atomic E-state index is 0.0792. The average Bonchev–Trinajstić information content (AvgIpc) is 4.19. The van der Waals surface area contributed by atoms with Crippen LogP contribution in [0, 0.1) is 5.92 Å². The summed E-state index contributed by atoms with van der Waals surface area (Å²) in [5, 5.41) is 48.0. The zero-order valence-corrected chi connectivity index (χ0v) is 42.2. The standard InChI is InChI=1S/C50H67N13O13/c1-26(2)41(49(74)63-17-9-14-38(63)48(73)60-35(45(70)62-42(27(3)65)50(75)76)19-29-21-54-33-13-8-7-12-31(29)33)61-46(71)36(20-30-22-53-25-56-30)59-47(72)37(24-64)57-40(67)23-55-44(69)34(15-16-39(52)66)58-43(68)32(51)18-28-10-5-4-6-11-28/h4-8,10-13,21-22,25-27,32,34-38,41-42,54,64-65H,9,14-20,23-24,51H2,1-3H3,(H2,52,66)(H,53,56)(H,55,69)(H,57,67)(H,58,68)(H,59,72)(H,60,73)(H,61,71)(H,62,70)(H,75,76)/t27-,32+,34+,35+,36+,37+,38+,41+,42+/m1/s1. The maximum absolute atomic E-state index is 14.5. The number of likely N-dealkylation sites (tertiary alicyclic amines) is 1. The van der Waals surface area contributed by atoms with Crippen molar-refractivity contribution in [2.24, 2.45) is 17.4 Å². The summed E-state index contributed by atoms with van der Waals surface area (Å²) < 4.78 is 0. The fraction of sp³-hybridized carbons (Fsp3) is 0.460. The molecule has 1 saturated heterocycles. The van der Waals surface area contributed by atoms with Gasteiger partial charge in [0.1, 0.15) is 36.3 Å². The average molecular weight is 1060 g/mol. The Morgan fingerprint density at radius 2 is 1.39 bits per heavy atom. The molecule has 0 radical (unpaired) electrons. The number of H-pyrrole nitrogens is 2. The third kappa shape index (κ3) is 16.6. The number of aliphatic carboxylic acids is 1. The van der Waals surface area contributed by atoms with E-state index in [9.17, 15) is 63.3 Å². The van der Waals surface area contributed by atoms with E-state index in [1.165, 1.54) is 24.3 Å². The molecule has 0 bridgehead atoms. The number of hydrogen-bond donors (Lipinski definition) is 14. The van der Waals surface area contributed by atoms with Gasteiger partial charge in [0.25, 0.3) is 0 Å². The fourth-order valence-corrected chi connectivity index (χ4v) is 8.51. The molecule has 5 rings (SSSR count). The number of aromatic nitrogens is 3. The van der Waals surface area contributed by atoms with Gasteiger partial charge in [-0.15, -0.1) is 0 Å². The predicted molar refractivity (Wildman–Crippen MR) is 271 cm³/mol. The van der Waals surface area contributed by atoms with Crippen LogP contribution in [0.1, 0.15) is 63.3 Å². The highest BCUT2D eigenvalue weighted by Crippen LogP contribution is 2.23. The number of hydrogen-bond acceptors (Lipinski definition) is 14. The monoisotopic (exact) mass is 1060 g/mol. The molecule has 1 aliphatic heterocycles. The van der Waals surface area contributed by atoms with Crippen molar-refractivity contribution in [2.45, 2.75) is 120 Å². The second-order valence-corrected chi connectivity index (χ2v) is 18.8. The molecule has 2 aromatic carbocycles. The number of nitrogens with one attached hydrogen (secondary N) is 9. The van der Waals surface area contributed by atoms with E-state index < -0.39 is 133 Å². The van der Waals surface area contributed by atoms with Crippen molar-refractivity contribution in [1.82, 2.24) is 57.1 Å². The molecule has 1 fully saturated rings. The molecule has 0 spiro atoms. The molecule has 26 nitrogen and oxygen atoms in total. The van der Waals surface area contributed by atoms with E-state index in [2.05, 4.69) is 52.2 Å². The summed E-state index contributed by atoms with van der Waals surface area (Å²) in [4.78, 5) is 144. The van der Waals surface area contributed by atoms with Gasteiger partial charge in [-0.25, -0.2) is 9.78 Å². The Labute approximate surface area is 436 Å². The number of para-hydroxylation sites is 1. The number of aromatic amines is 2. The first-order chi connectivity index (χ1) is 36.2. The van der Waals surface area contributed by atoms with Gasteiger partial charge >= 0.3 is 5.97 Å². The Balaban J connectivity index is 1.24. The first kappa shape index (κ1) is 58.7. The molecular weight excluding hydrogens is 991 g/mol. The van der Waals surface area contributed by atoms with Crippen LogP contribution in [-0.4, -0.2) is 168 Å². The first-order valence-corrected chi connectivity index (χ1v) is 24.7. The number of primary amides is 1. The zero-order chi connectivity index (χ0) is 55.6. The molecule has 1 aliphatic rings. The van der Waals surface area contributed by atoms with Crippen LogP contribution in [0.5, 0.6) is 0 Å². The summed E-state index contributed by atoms with van der Waals surface area (Å²) in [6, 6.07) is 4.96. The van der Waals surface area contributed by atoms with Gasteiger partial charge in [-0.2, -0.15) is 0 Å². The number of aliphatic hydroxyl groups excluding tert-OH is 2. The van der Waals surface area contributed by atoms with Crippen LogP contribution in [0.15, 0.2) is 73.3 Å². The molecule has 2 aromatic heterocycles. The van der Waals surface area contributed by atoms with Crippen molar-refractivity contribution in [3.05, 3.63) is 90.1 Å². The molecule has 16 N–H and O–H groups in total. The minimum atomic E-state index is -1.70. The van der Waals surface area contributed by atoms with Crippen molar-refractivity contribution in [3.8, 4) is 0 Å². The lowest BCUT2D eigenvalue weighted by molar-refractivity contribution is -0.146. The number of rotatable bonds is 28. The third-order valence-electron chi connectivity index (χ3n) is 12.7. The molecule has 76 heavy (non-hydrogen) atoms. The number of carbonyl (C=O) groups is 10. The number of fused-ring (bicyclic) bond motifs is 1. The highest BCUT2D eigenvalue weighted by molar-refractivity contribution is 5.98. The van der Waals surface area contributed by atoms with Gasteiger partial charge in [-0.05, 0) is 55.7 Å². The predicted octanol–water partition coefficient (Wildman–Crippen LogP) is -3.36. The van der Waals surface area contributed by atoms with Crippen molar-refractivity contribution in [3.63, 3.8) is 0 Å². The maximum Gasteiger partial charge on any atom is 0.328 e. The van der Waals surface area contributed by atoms with E-state index in [0.29, 0.717) is 17.7 Å². The summed E-state index contributed by atoms with van der Waals surface area (Å²) in [6.07, 6.45) is 2.70. The number of imidazole rings is 1. The zero-order valence-electron chi connectivity index (χ0n) is 42.2. The summed E-state index contributed by atoms with van der Waals surface area (Å²) in [5.41, 5.74) is 13.8. The highest BCUT2D eigenvalue weighted by atomic mass is 16.4. The van der Waals surface area contributed by atoms with Crippen LogP contribution in [0.4, 0.5) is 0 Å². The van der Waals surface area contributed by atoms with Gasteiger partial charge in [-0.1, -0.05) is 62.4 Å². The first-order valence-electron chi connectivity index (χ1n) is 24.7. The smallest absolute Gasteiger partial charge is 0.328 e. The van der Waals surface area contributed by atoms with E-state index in [4.69, 9.17) is 11.5 Å². The quantitative estimate of drug-likeness (QED) is 0.0264. The minimum Gasteiger partial charge on any atom is -0.480 e. The lowest BCUT2D eigenvalue weighted by atomic mass is 10.0. The van der Waals surface area contributed by atoms with Crippen LogP contribution in [0.3, 0.4) is 0 Å². The fourth-order valence-electron chi connectivity index (χ4n) is 8.51. The van der Waals surface area contributed by atoms with Crippen molar-refractivity contribution in [2.75, 3.05) is 19.7 Å². The third-order valence-corrected chi connectivity index (χ3v) is 12.7. The van der Waals surface area contributed by atoms with Crippen LogP contribution >= 0.6 is 0 Å². The number of carbonyl (C=O) groups excluding carboxylic acids is 9. The van der Waals surface area contributed by atoms with Crippen molar-refractivity contribution in [1.29, 1.82) is 0 Å². The molecule has 26 heteroatoms. The van der Waals surface area contributed by atoms with Gasteiger partial charge in [0.2, 0.25) is 53.2 Å². The second-order valence-electron chi connectivity index (χ2n) is 18.8. The van der Waals surface area contributed by atoms with Crippen molar-refractivity contribution >= 4 is 70.0 Å². The van der Waals surface area contributed by atoms with Gasteiger partial charge < -0.3 is 78.9 Å². The molecule has 0 unspecified atom stereocenters. The van der Waals surface area contributed by atoms with E-state index in [1.807, 2.05) is 6.07 Å². The van der Waals surface area contributed by atoms with Gasteiger partial charge in [-0.3, -0.25) is 43.2 Å². The van der Waals surface area contributed by atoms with Crippen LogP contribution < -0.4 is 48.7 Å². The molecule has 0 aliphatic carbocycles. The maximum atomic E-state index is 14.5. The highest BCUT2D eigenvalue weighted by Gasteiger charge is 2.41. The topological polar surface area (TPSA) is 415 Å². The number of nitrogens with two attached hydrogens (primary N) is 2. The number of aliphatic hydroxyl groups is 2. The number of nitrogens with zero attached hydrogens (tertiary/aromatic N) is 2. The van der Waals surface area contributed by atoms with E-state index in [-0.39, 0.29) is 45.1 Å². The lowest BCUT2D eigenvalue weighted by Crippen LogP contribution is -2.61.